The van der Waals surface area contributed by atoms with Crippen molar-refractivity contribution in [3.05, 3.63) is 48.2 Å². The van der Waals surface area contributed by atoms with Gasteiger partial charge in [-0.25, -0.2) is 17.8 Å². The molecular formula is C20H29FN4O3S. The van der Waals surface area contributed by atoms with Crippen LogP contribution in [0.4, 0.5) is 4.39 Å². The maximum atomic E-state index is 13.4. The van der Waals surface area contributed by atoms with E-state index in [9.17, 15) is 12.8 Å². The monoisotopic (exact) mass is 424 g/mol. The topological polar surface area (TPSA) is 76.5 Å². The normalized spacial score (nSPS) is 20.4. The zero-order valence-corrected chi connectivity index (χ0v) is 17.7. The van der Waals surface area contributed by atoms with E-state index in [1.165, 1.54) is 29.0 Å². The Morgan fingerprint density at radius 3 is 2.69 bits per heavy atom. The highest BCUT2D eigenvalue weighted by Crippen LogP contribution is 2.35. The Hall–Kier alpha value is -1.81. The number of hydrogen-bond acceptors (Lipinski definition) is 5. The molecule has 9 heteroatoms. The van der Waals surface area contributed by atoms with Crippen LogP contribution >= 0.6 is 0 Å². The second-order valence-corrected chi connectivity index (χ2v) is 9.26. The van der Waals surface area contributed by atoms with Gasteiger partial charge in [-0.3, -0.25) is 0 Å². The van der Waals surface area contributed by atoms with Crippen molar-refractivity contribution in [1.82, 2.24) is 19.2 Å². The molecule has 2 heterocycles. The fourth-order valence-corrected chi connectivity index (χ4v) is 5.20. The molecule has 3 rings (SSSR count). The third kappa shape index (κ3) is 5.42. The van der Waals surface area contributed by atoms with Crippen molar-refractivity contribution in [2.45, 2.75) is 24.3 Å². The molecule has 0 saturated carbocycles. The molecular weight excluding hydrogens is 395 g/mol. The highest BCUT2D eigenvalue weighted by molar-refractivity contribution is 7.89. The van der Waals surface area contributed by atoms with Gasteiger partial charge in [-0.2, -0.15) is 4.31 Å². The molecule has 1 aromatic carbocycles. The predicted molar refractivity (Wildman–Crippen MR) is 109 cm³/mol. The fraction of sp³-hybridized carbons (Fsp3) is 0.550. The zero-order valence-electron chi connectivity index (χ0n) is 16.9. The van der Waals surface area contributed by atoms with Gasteiger partial charge in [0.25, 0.3) is 10.0 Å². The van der Waals surface area contributed by atoms with E-state index < -0.39 is 10.0 Å². The summed E-state index contributed by atoms with van der Waals surface area (Å²) in [5.41, 5.74) is 0.950. The Morgan fingerprint density at radius 1 is 1.28 bits per heavy atom. The molecule has 0 spiro atoms. The fourth-order valence-electron chi connectivity index (χ4n) is 3.71. The lowest BCUT2D eigenvalue weighted by atomic mass is 9.89. The van der Waals surface area contributed by atoms with E-state index in [1.807, 2.05) is 6.92 Å². The lowest BCUT2D eigenvalue weighted by Crippen LogP contribution is -2.31. The number of halogens is 1. The first kappa shape index (κ1) is 21.9. The lowest BCUT2D eigenvalue weighted by molar-refractivity contribution is 0.144. The number of aryl methyl sites for hydroxylation is 1. The first-order chi connectivity index (χ1) is 13.9. The Labute approximate surface area is 171 Å². The van der Waals surface area contributed by atoms with Gasteiger partial charge in [0, 0.05) is 45.5 Å². The average Bonchev–Trinajstić information content (AvgIpc) is 3.32. The number of hydrogen-bond donors (Lipinski definition) is 1. The first-order valence-electron chi connectivity index (χ1n) is 9.94. The molecule has 2 aromatic rings. The number of ether oxygens (including phenoxy) is 1. The summed E-state index contributed by atoms with van der Waals surface area (Å²) in [4.78, 5) is 4.02. The van der Waals surface area contributed by atoms with Gasteiger partial charge in [-0.05, 0) is 50.0 Å². The molecule has 0 bridgehead atoms. The predicted octanol–water partition coefficient (Wildman–Crippen LogP) is 1.98. The zero-order chi connectivity index (χ0) is 20.9. The summed E-state index contributed by atoms with van der Waals surface area (Å²) in [6.07, 6.45) is 3.90. The molecule has 1 N–H and O–H groups in total. The van der Waals surface area contributed by atoms with E-state index in [1.54, 1.807) is 23.7 Å². The summed E-state index contributed by atoms with van der Waals surface area (Å²) in [6, 6.07) is 6.35. The van der Waals surface area contributed by atoms with Gasteiger partial charge in [0.05, 0.1) is 6.33 Å². The van der Waals surface area contributed by atoms with Gasteiger partial charge in [-0.1, -0.05) is 12.1 Å². The van der Waals surface area contributed by atoms with Crippen LogP contribution in [0.25, 0.3) is 0 Å². The molecule has 0 aliphatic carbocycles. The van der Waals surface area contributed by atoms with Gasteiger partial charge in [0.2, 0.25) is 0 Å². The largest absolute Gasteiger partial charge is 0.382 e. The molecule has 1 aliphatic heterocycles. The molecule has 160 valence electrons. The van der Waals surface area contributed by atoms with Crippen LogP contribution in [0.1, 0.15) is 24.8 Å². The molecule has 29 heavy (non-hydrogen) atoms. The van der Waals surface area contributed by atoms with Gasteiger partial charge in [0.15, 0.2) is 5.03 Å². The molecule has 7 nitrogen and oxygen atoms in total. The molecule has 0 unspecified atom stereocenters. The molecule has 1 aliphatic rings. The number of nitrogens with one attached hydrogen (secondary N) is 1. The Balaban J connectivity index is 1.72. The van der Waals surface area contributed by atoms with E-state index in [-0.39, 0.29) is 22.7 Å². The smallest absolute Gasteiger partial charge is 0.262 e. The van der Waals surface area contributed by atoms with E-state index in [2.05, 4.69) is 10.3 Å². The summed E-state index contributed by atoms with van der Waals surface area (Å²) < 4.78 is 47.9. The van der Waals surface area contributed by atoms with Crippen LogP contribution in [0.15, 0.2) is 41.8 Å². The Kier molecular flexibility index (Phi) is 7.39. The molecule has 0 amide bonds. The maximum Gasteiger partial charge on any atom is 0.262 e. The summed E-state index contributed by atoms with van der Waals surface area (Å²) in [6.45, 7) is 5.62. The van der Waals surface area contributed by atoms with Crippen LogP contribution in [0.3, 0.4) is 0 Å². The summed E-state index contributed by atoms with van der Waals surface area (Å²) in [7, 11) is -1.92. The van der Waals surface area contributed by atoms with Crippen LogP contribution < -0.4 is 5.32 Å². The number of benzene rings is 1. The van der Waals surface area contributed by atoms with Crippen LogP contribution in [-0.2, 0) is 21.8 Å². The van der Waals surface area contributed by atoms with E-state index in [0.717, 1.165) is 18.5 Å². The molecule has 0 radical (unpaired) electrons. The molecule has 1 fully saturated rings. The summed E-state index contributed by atoms with van der Waals surface area (Å²) >= 11 is 0. The standard InChI is InChI=1S/C20H29FN4O3S/c1-3-28-10-4-9-22-11-17-12-25(29(26,27)20-14-24(2)15-23-20)13-19(17)16-5-7-18(21)8-6-16/h5-8,14-15,17,19,22H,3-4,9-13H2,1-2H3/t17-,19+/m1/s1. The van der Waals surface area contributed by atoms with Gasteiger partial charge in [0.1, 0.15) is 5.82 Å². The number of imidazole rings is 1. The van der Waals surface area contributed by atoms with E-state index in [4.69, 9.17) is 4.74 Å². The van der Waals surface area contributed by atoms with Crippen LogP contribution in [-0.4, -0.2) is 61.7 Å². The maximum absolute atomic E-state index is 13.4. The second kappa shape index (κ2) is 9.80. The minimum atomic E-state index is -3.66. The Morgan fingerprint density at radius 2 is 2.03 bits per heavy atom. The van der Waals surface area contributed by atoms with Crippen molar-refractivity contribution in [2.75, 3.05) is 39.4 Å². The summed E-state index contributed by atoms with van der Waals surface area (Å²) in [5, 5.41) is 3.48. The highest BCUT2D eigenvalue weighted by Gasteiger charge is 2.40. The first-order valence-corrected chi connectivity index (χ1v) is 11.4. The van der Waals surface area contributed by atoms with Crippen molar-refractivity contribution >= 4 is 10.0 Å². The third-order valence-corrected chi connectivity index (χ3v) is 6.96. The van der Waals surface area contributed by atoms with Crippen molar-refractivity contribution in [2.24, 2.45) is 13.0 Å². The molecule has 1 saturated heterocycles. The third-order valence-electron chi connectivity index (χ3n) is 5.24. The van der Waals surface area contributed by atoms with Gasteiger partial charge in [-0.15, -0.1) is 0 Å². The number of rotatable bonds is 10. The van der Waals surface area contributed by atoms with E-state index in [0.29, 0.717) is 32.8 Å². The number of aromatic nitrogens is 2. The lowest BCUT2D eigenvalue weighted by Gasteiger charge is -2.19. The van der Waals surface area contributed by atoms with Crippen molar-refractivity contribution in [1.29, 1.82) is 0 Å². The average molecular weight is 425 g/mol. The van der Waals surface area contributed by atoms with Crippen molar-refractivity contribution in [3.8, 4) is 0 Å². The van der Waals surface area contributed by atoms with Crippen LogP contribution in [0, 0.1) is 11.7 Å². The number of sulfonamides is 1. The minimum absolute atomic E-state index is 0.00604. The molecule has 2 atom stereocenters. The van der Waals surface area contributed by atoms with Crippen molar-refractivity contribution in [3.63, 3.8) is 0 Å². The van der Waals surface area contributed by atoms with E-state index >= 15 is 0 Å². The summed E-state index contributed by atoms with van der Waals surface area (Å²) in [5.74, 6) is -0.213. The minimum Gasteiger partial charge on any atom is -0.382 e. The second-order valence-electron chi connectivity index (χ2n) is 7.37. The molecule has 1 aromatic heterocycles. The van der Waals surface area contributed by atoms with Crippen LogP contribution in [0.2, 0.25) is 0 Å². The number of nitrogens with zero attached hydrogens (tertiary/aromatic N) is 3. The van der Waals surface area contributed by atoms with Gasteiger partial charge >= 0.3 is 0 Å². The van der Waals surface area contributed by atoms with Crippen LogP contribution in [0.5, 0.6) is 0 Å². The van der Waals surface area contributed by atoms with Gasteiger partial charge < -0.3 is 14.6 Å². The Bertz CT molecular complexity index is 885. The SMILES string of the molecule is CCOCCCNC[C@@H]1CN(S(=O)(=O)c2cn(C)cn2)C[C@H]1c1ccc(F)cc1. The van der Waals surface area contributed by atoms with Crippen molar-refractivity contribution < 1.29 is 17.5 Å². The quantitative estimate of drug-likeness (QED) is 0.590. The highest BCUT2D eigenvalue weighted by atomic mass is 32.2.